The van der Waals surface area contributed by atoms with E-state index in [1.807, 2.05) is 0 Å². The lowest BCUT2D eigenvalue weighted by molar-refractivity contribution is 0.476. The topological polar surface area (TPSA) is 0 Å². The van der Waals surface area contributed by atoms with E-state index in [2.05, 4.69) is 20.8 Å². The van der Waals surface area contributed by atoms with Crippen LogP contribution in [-0.4, -0.2) is 4.87 Å². The smallest absolute Gasteiger partial charge is 0.0453 e. The van der Waals surface area contributed by atoms with E-state index in [9.17, 15) is 0 Å². The van der Waals surface area contributed by atoms with Crippen LogP contribution < -0.4 is 0 Å². The first-order valence-corrected chi connectivity index (χ1v) is 4.14. The van der Waals surface area contributed by atoms with Crippen LogP contribution in [0, 0.1) is 11.8 Å². The first-order valence-electron chi connectivity index (χ1n) is 3.77. The van der Waals surface area contributed by atoms with Gasteiger partial charge in [-0.05, 0) is 25.2 Å². The minimum Gasteiger partial charge on any atom is -0.119 e. The van der Waals surface area contributed by atoms with Gasteiger partial charge in [0.05, 0.1) is 0 Å². The van der Waals surface area contributed by atoms with Crippen LogP contribution in [0.25, 0.3) is 0 Å². The molecule has 1 rings (SSSR count). The normalized spacial score (nSPS) is 44.7. The molecule has 1 aliphatic rings. The molecule has 0 N–H and O–H groups in total. The molecule has 3 atom stereocenters. The van der Waals surface area contributed by atoms with Crippen molar-refractivity contribution in [2.45, 2.75) is 38.5 Å². The SMILES string of the molecule is CCC(C)C1CC1(C)Cl. The molecular formula is C8H15Cl. The van der Waals surface area contributed by atoms with Crippen LogP contribution in [0.2, 0.25) is 0 Å². The van der Waals surface area contributed by atoms with Crippen molar-refractivity contribution in [1.82, 2.24) is 0 Å². The first kappa shape index (κ1) is 7.40. The molecule has 0 aromatic carbocycles. The van der Waals surface area contributed by atoms with Gasteiger partial charge < -0.3 is 0 Å². The minimum absolute atomic E-state index is 0.162. The summed E-state index contributed by atoms with van der Waals surface area (Å²) >= 11 is 6.08. The van der Waals surface area contributed by atoms with Crippen LogP contribution in [-0.2, 0) is 0 Å². The van der Waals surface area contributed by atoms with Crippen molar-refractivity contribution < 1.29 is 0 Å². The van der Waals surface area contributed by atoms with E-state index in [1.165, 1.54) is 12.8 Å². The summed E-state index contributed by atoms with van der Waals surface area (Å²) in [6.45, 7) is 6.67. The number of alkyl halides is 1. The highest BCUT2D eigenvalue weighted by molar-refractivity contribution is 6.25. The lowest BCUT2D eigenvalue weighted by Crippen LogP contribution is -2.03. The van der Waals surface area contributed by atoms with E-state index in [1.54, 1.807) is 0 Å². The van der Waals surface area contributed by atoms with Crippen LogP contribution in [0.15, 0.2) is 0 Å². The van der Waals surface area contributed by atoms with Gasteiger partial charge in [-0.2, -0.15) is 0 Å². The molecule has 9 heavy (non-hydrogen) atoms. The van der Waals surface area contributed by atoms with Gasteiger partial charge in [0, 0.05) is 4.87 Å². The second-order valence-electron chi connectivity index (χ2n) is 3.47. The molecule has 1 aliphatic carbocycles. The number of hydrogen-bond donors (Lipinski definition) is 0. The zero-order chi connectivity index (χ0) is 7.07. The van der Waals surface area contributed by atoms with Crippen molar-refractivity contribution >= 4 is 11.6 Å². The summed E-state index contributed by atoms with van der Waals surface area (Å²) in [4.78, 5) is 0.162. The zero-order valence-corrected chi connectivity index (χ0v) is 7.20. The number of rotatable bonds is 2. The molecule has 0 radical (unpaired) electrons. The van der Waals surface area contributed by atoms with E-state index >= 15 is 0 Å². The number of halogens is 1. The van der Waals surface area contributed by atoms with Crippen molar-refractivity contribution in [2.24, 2.45) is 11.8 Å². The summed E-state index contributed by atoms with van der Waals surface area (Å²) in [7, 11) is 0. The molecule has 0 saturated heterocycles. The Labute approximate surface area is 62.6 Å². The van der Waals surface area contributed by atoms with E-state index in [4.69, 9.17) is 11.6 Å². The Kier molecular flexibility index (Phi) is 1.77. The summed E-state index contributed by atoms with van der Waals surface area (Å²) < 4.78 is 0. The Bertz CT molecular complexity index is 107. The van der Waals surface area contributed by atoms with Crippen LogP contribution >= 0.6 is 11.6 Å². The van der Waals surface area contributed by atoms with Crippen molar-refractivity contribution in [3.05, 3.63) is 0 Å². The molecule has 0 aromatic rings. The van der Waals surface area contributed by atoms with Gasteiger partial charge in [0.25, 0.3) is 0 Å². The largest absolute Gasteiger partial charge is 0.119 e. The van der Waals surface area contributed by atoms with E-state index in [0.29, 0.717) is 0 Å². The van der Waals surface area contributed by atoms with Crippen LogP contribution in [0.3, 0.4) is 0 Å². The predicted octanol–water partition coefficient (Wildman–Crippen LogP) is 3.05. The first-order chi connectivity index (χ1) is 4.08. The van der Waals surface area contributed by atoms with Gasteiger partial charge in [-0.25, -0.2) is 0 Å². The Balaban J connectivity index is 2.33. The zero-order valence-electron chi connectivity index (χ0n) is 6.45. The maximum atomic E-state index is 6.08. The quantitative estimate of drug-likeness (QED) is 0.526. The molecule has 0 amide bonds. The second-order valence-corrected chi connectivity index (χ2v) is 4.34. The molecule has 0 aromatic heterocycles. The van der Waals surface area contributed by atoms with Crippen molar-refractivity contribution in [3.8, 4) is 0 Å². The molecular weight excluding hydrogens is 132 g/mol. The van der Waals surface area contributed by atoms with E-state index in [0.717, 1.165) is 11.8 Å². The van der Waals surface area contributed by atoms with Gasteiger partial charge in [0.2, 0.25) is 0 Å². The second kappa shape index (κ2) is 2.16. The lowest BCUT2D eigenvalue weighted by atomic mass is 10.0. The molecule has 0 nitrogen and oxygen atoms in total. The molecule has 3 unspecified atom stereocenters. The molecule has 54 valence electrons. The average molecular weight is 147 g/mol. The highest BCUT2D eigenvalue weighted by Gasteiger charge is 2.50. The molecule has 0 bridgehead atoms. The Hall–Kier alpha value is 0.290. The van der Waals surface area contributed by atoms with Gasteiger partial charge in [-0.3, -0.25) is 0 Å². The van der Waals surface area contributed by atoms with Gasteiger partial charge >= 0.3 is 0 Å². The van der Waals surface area contributed by atoms with Crippen molar-refractivity contribution in [2.75, 3.05) is 0 Å². The van der Waals surface area contributed by atoms with Crippen LogP contribution in [0.1, 0.15) is 33.6 Å². The minimum atomic E-state index is 0.162. The fraction of sp³-hybridized carbons (Fsp3) is 1.00. The molecule has 1 heteroatoms. The van der Waals surface area contributed by atoms with Gasteiger partial charge in [0.1, 0.15) is 0 Å². The summed E-state index contributed by atoms with van der Waals surface area (Å²) in [5.41, 5.74) is 0. The standard InChI is InChI=1S/C8H15Cl/c1-4-6(2)7-5-8(7,3)9/h6-7H,4-5H2,1-3H3. The average Bonchev–Trinajstić information content (AvgIpc) is 2.38. The van der Waals surface area contributed by atoms with Gasteiger partial charge in [-0.15, -0.1) is 11.6 Å². The third kappa shape index (κ3) is 1.40. The highest BCUT2D eigenvalue weighted by atomic mass is 35.5. The maximum absolute atomic E-state index is 6.08. The molecule has 0 spiro atoms. The third-order valence-electron chi connectivity index (χ3n) is 2.56. The summed E-state index contributed by atoms with van der Waals surface area (Å²) in [5.74, 6) is 1.62. The molecule has 0 heterocycles. The fourth-order valence-corrected chi connectivity index (χ4v) is 1.83. The van der Waals surface area contributed by atoms with E-state index < -0.39 is 0 Å². The van der Waals surface area contributed by atoms with Crippen LogP contribution in [0.4, 0.5) is 0 Å². The van der Waals surface area contributed by atoms with Crippen molar-refractivity contribution in [1.29, 1.82) is 0 Å². The summed E-state index contributed by atoms with van der Waals surface area (Å²) in [6.07, 6.45) is 2.50. The van der Waals surface area contributed by atoms with Gasteiger partial charge in [-0.1, -0.05) is 20.3 Å². The third-order valence-corrected chi connectivity index (χ3v) is 3.00. The summed E-state index contributed by atoms with van der Waals surface area (Å²) in [6, 6.07) is 0. The van der Waals surface area contributed by atoms with Crippen molar-refractivity contribution in [3.63, 3.8) is 0 Å². The fourth-order valence-electron chi connectivity index (χ4n) is 1.45. The predicted molar refractivity (Wildman–Crippen MR) is 41.8 cm³/mol. The Morgan fingerprint density at radius 3 is 2.33 bits per heavy atom. The monoisotopic (exact) mass is 146 g/mol. The Morgan fingerprint density at radius 2 is 2.22 bits per heavy atom. The number of hydrogen-bond acceptors (Lipinski definition) is 0. The molecule has 0 aliphatic heterocycles. The molecule has 1 fully saturated rings. The lowest BCUT2D eigenvalue weighted by Gasteiger charge is -2.07. The summed E-state index contributed by atoms with van der Waals surface area (Å²) in [5, 5.41) is 0. The van der Waals surface area contributed by atoms with Gasteiger partial charge in [0.15, 0.2) is 0 Å². The highest BCUT2D eigenvalue weighted by Crippen LogP contribution is 2.53. The van der Waals surface area contributed by atoms with E-state index in [-0.39, 0.29) is 4.87 Å². The van der Waals surface area contributed by atoms with Crippen LogP contribution in [0.5, 0.6) is 0 Å². The molecule has 1 saturated carbocycles. The Morgan fingerprint density at radius 1 is 1.78 bits per heavy atom. The maximum Gasteiger partial charge on any atom is 0.0453 e.